The Morgan fingerprint density at radius 3 is 2.70 bits per heavy atom. The van der Waals surface area contributed by atoms with Crippen molar-refractivity contribution < 1.29 is 14.3 Å². The highest BCUT2D eigenvalue weighted by atomic mass is 35.5. The third-order valence-corrected chi connectivity index (χ3v) is 3.28. The lowest BCUT2D eigenvalue weighted by Gasteiger charge is -2.12. The number of hydrogen-bond donors (Lipinski definition) is 2. The van der Waals surface area contributed by atoms with E-state index in [0.717, 1.165) is 24.9 Å². The van der Waals surface area contributed by atoms with Crippen LogP contribution in [0.25, 0.3) is 0 Å². The van der Waals surface area contributed by atoms with Crippen molar-refractivity contribution in [3.8, 4) is 0 Å². The summed E-state index contributed by atoms with van der Waals surface area (Å²) in [6, 6.07) is 5.05. The van der Waals surface area contributed by atoms with Gasteiger partial charge in [-0.3, -0.25) is 4.79 Å². The summed E-state index contributed by atoms with van der Waals surface area (Å²) in [5.41, 5.74) is 1.99. The molecule has 1 aromatic rings. The summed E-state index contributed by atoms with van der Waals surface area (Å²) in [6.45, 7) is 2.70. The van der Waals surface area contributed by atoms with Gasteiger partial charge in [0, 0.05) is 5.69 Å². The first kappa shape index (κ1) is 16.5. The first-order chi connectivity index (χ1) is 9.11. The van der Waals surface area contributed by atoms with E-state index in [0.29, 0.717) is 11.3 Å². The molecule has 1 atom stereocenters. The zero-order chi connectivity index (χ0) is 13.8. The summed E-state index contributed by atoms with van der Waals surface area (Å²) in [4.78, 5) is 23.4. The zero-order valence-corrected chi connectivity index (χ0v) is 12.4. The molecule has 2 N–H and O–H groups in total. The van der Waals surface area contributed by atoms with Gasteiger partial charge < -0.3 is 15.4 Å². The van der Waals surface area contributed by atoms with E-state index < -0.39 is 0 Å². The Labute approximate surface area is 124 Å². The highest BCUT2D eigenvalue weighted by Gasteiger charge is 2.22. The van der Waals surface area contributed by atoms with Crippen molar-refractivity contribution in [2.75, 3.05) is 19.0 Å². The molecule has 1 fully saturated rings. The molecule has 0 radical (unpaired) electrons. The molecule has 0 aliphatic carbocycles. The molecule has 0 saturated carbocycles. The van der Waals surface area contributed by atoms with Crippen molar-refractivity contribution in [2.45, 2.75) is 25.8 Å². The summed E-state index contributed by atoms with van der Waals surface area (Å²) in [7, 11) is 1.35. The molecule has 5 nitrogen and oxygen atoms in total. The Morgan fingerprint density at radius 2 is 2.15 bits per heavy atom. The van der Waals surface area contributed by atoms with Crippen LogP contribution >= 0.6 is 12.4 Å². The van der Waals surface area contributed by atoms with Crippen molar-refractivity contribution in [3.05, 3.63) is 29.3 Å². The van der Waals surface area contributed by atoms with E-state index >= 15 is 0 Å². The lowest BCUT2D eigenvalue weighted by atomic mass is 10.1. The summed E-state index contributed by atoms with van der Waals surface area (Å²) >= 11 is 0. The smallest absolute Gasteiger partial charge is 0.338 e. The van der Waals surface area contributed by atoms with Crippen molar-refractivity contribution in [1.82, 2.24) is 5.32 Å². The van der Waals surface area contributed by atoms with Gasteiger partial charge in [-0.15, -0.1) is 12.4 Å². The Balaban J connectivity index is 0.00000200. The molecule has 1 heterocycles. The standard InChI is InChI=1S/C14H18N2O3.ClH/c1-9-8-10(5-6-11(9)14(18)19-2)16-13(17)12-4-3-7-15-12;/h5-6,8,12,15H,3-4,7H2,1-2H3,(H,16,17);1H. The number of carbonyl (C=O) groups is 2. The van der Waals surface area contributed by atoms with Crippen LogP contribution in [0.15, 0.2) is 18.2 Å². The summed E-state index contributed by atoms with van der Waals surface area (Å²) in [6.07, 6.45) is 1.89. The van der Waals surface area contributed by atoms with E-state index in [2.05, 4.69) is 15.4 Å². The maximum atomic E-state index is 11.9. The van der Waals surface area contributed by atoms with Gasteiger partial charge in [0.1, 0.15) is 0 Å². The Morgan fingerprint density at radius 1 is 1.40 bits per heavy atom. The largest absolute Gasteiger partial charge is 0.465 e. The SMILES string of the molecule is COC(=O)c1ccc(NC(=O)C2CCCN2)cc1C.Cl. The monoisotopic (exact) mass is 298 g/mol. The zero-order valence-electron chi connectivity index (χ0n) is 11.6. The molecule has 1 aromatic carbocycles. The van der Waals surface area contributed by atoms with Gasteiger partial charge in [0.05, 0.1) is 18.7 Å². The van der Waals surface area contributed by atoms with E-state index in [4.69, 9.17) is 0 Å². The number of ether oxygens (including phenoxy) is 1. The lowest BCUT2D eigenvalue weighted by molar-refractivity contribution is -0.117. The number of aryl methyl sites for hydroxylation is 1. The van der Waals surface area contributed by atoms with Gasteiger partial charge in [0.15, 0.2) is 0 Å². The molecule has 6 heteroatoms. The molecular weight excluding hydrogens is 280 g/mol. The molecule has 1 amide bonds. The average Bonchev–Trinajstić information content (AvgIpc) is 2.92. The number of anilines is 1. The summed E-state index contributed by atoms with van der Waals surface area (Å²) in [5, 5.41) is 6.00. The maximum absolute atomic E-state index is 11.9. The molecular formula is C14H19ClN2O3. The second-order valence-electron chi connectivity index (χ2n) is 4.66. The van der Waals surface area contributed by atoms with Crippen LogP contribution in [0.3, 0.4) is 0 Å². The fraction of sp³-hybridized carbons (Fsp3) is 0.429. The van der Waals surface area contributed by atoms with Crippen molar-refractivity contribution in [1.29, 1.82) is 0 Å². The normalized spacial score (nSPS) is 17.2. The minimum Gasteiger partial charge on any atom is -0.465 e. The van der Waals surface area contributed by atoms with E-state index in [1.54, 1.807) is 18.2 Å². The van der Waals surface area contributed by atoms with E-state index in [-0.39, 0.29) is 30.3 Å². The molecule has 0 aromatic heterocycles. The van der Waals surface area contributed by atoms with Crippen molar-refractivity contribution >= 4 is 30.0 Å². The van der Waals surface area contributed by atoms with Crippen molar-refractivity contribution in [3.63, 3.8) is 0 Å². The van der Waals surface area contributed by atoms with Gasteiger partial charge in [-0.1, -0.05) is 0 Å². The van der Waals surface area contributed by atoms with Crippen LogP contribution in [-0.2, 0) is 9.53 Å². The number of nitrogens with one attached hydrogen (secondary N) is 2. The van der Waals surface area contributed by atoms with Crippen LogP contribution in [0.4, 0.5) is 5.69 Å². The number of hydrogen-bond acceptors (Lipinski definition) is 4. The van der Waals surface area contributed by atoms with Gasteiger partial charge in [0.2, 0.25) is 5.91 Å². The molecule has 0 spiro atoms. The van der Waals surface area contributed by atoms with Crippen LogP contribution in [-0.4, -0.2) is 31.6 Å². The topological polar surface area (TPSA) is 67.4 Å². The van der Waals surface area contributed by atoms with Crippen LogP contribution in [0, 0.1) is 6.92 Å². The summed E-state index contributed by atoms with van der Waals surface area (Å²) < 4.78 is 4.68. The number of rotatable bonds is 3. The van der Waals surface area contributed by atoms with Crippen LogP contribution in [0.5, 0.6) is 0 Å². The predicted octanol–water partition coefficient (Wildman–Crippen LogP) is 1.89. The first-order valence-corrected chi connectivity index (χ1v) is 6.35. The molecule has 1 aliphatic heterocycles. The van der Waals surface area contributed by atoms with Crippen molar-refractivity contribution in [2.24, 2.45) is 0 Å². The van der Waals surface area contributed by atoms with E-state index in [1.807, 2.05) is 6.92 Å². The maximum Gasteiger partial charge on any atom is 0.338 e. The number of amides is 1. The Kier molecular flexibility index (Phi) is 5.98. The predicted molar refractivity (Wildman–Crippen MR) is 79.4 cm³/mol. The molecule has 1 saturated heterocycles. The lowest BCUT2D eigenvalue weighted by Crippen LogP contribution is -2.35. The molecule has 2 rings (SSSR count). The number of methoxy groups -OCH3 is 1. The molecule has 110 valence electrons. The number of halogens is 1. The molecule has 20 heavy (non-hydrogen) atoms. The quantitative estimate of drug-likeness (QED) is 0.836. The Bertz CT molecular complexity index is 499. The van der Waals surface area contributed by atoms with Crippen LogP contribution in [0.1, 0.15) is 28.8 Å². The highest BCUT2D eigenvalue weighted by molar-refractivity contribution is 5.96. The number of benzene rings is 1. The third-order valence-electron chi connectivity index (χ3n) is 3.28. The second kappa shape index (κ2) is 7.26. The third kappa shape index (κ3) is 3.71. The van der Waals surface area contributed by atoms with Gasteiger partial charge in [-0.2, -0.15) is 0 Å². The van der Waals surface area contributed by atoms with E-state index in [9.17, 15) is 9.59 Å². The van der Waals surface area contributed by atoms with Gasteiger partial charge in [-0.05, 0) is 50.1 Å². The molecule has 1 aliphatic rings. The van der Waals surface area contributed by atoms with Crippen LogP contribution in [0.2, 0.25) is 0 Å². The van der Waals surface area contributed by atoms with Gasteiger partial charge in [-0.25, -0.2) is 4.79 Å². The minimum absolute atomic E-state index is 0. The minimum atomic E-state index is -0.368. The number of esters is 1. The van der Waals surface area contributed by atoms with Gasteiger partial charge in [0.25, 0.3) is 0 Å². The fourth-order valence-electron chi connectivity index (χ4n) is 2.22. The number of carbonyl (C=O) groups excluding carboxylic acids is 2. The summed E-state index contributed by atoms with van der Waals surface area (Å²) in [5.74, 6) is -0.393. The van der Waals surface area contributed by atoms with E-state index in [1.165, 1.54) is 7.11 Å². The second-order valence-corrected chi connectivity index (χ2v) is 4.66. The fourth-order valence-corrected chi connectivity index (χ4v) is 2.22. The molecule has 1 unspecified atom stereocenters. The first-order valence-electron chi connectivity index (χ1n) is 6.35. The highest BCUT2D eigenvalue weighted by Crippen LogP contribution is 2.17. The Hall–Kier alpha value is -1.59. The molecule has 0 bridgehead atoms. The van der Waals surface area contributed by atoms with Crippen LogP contribution < -0.4 is 10.6 Å². The average molecular weight is 299 g/mol. The van der Waals surface area contributed by atoms with Gasteiger partial charge >= 0.3 is 5.97 Å².